The highest BCUT2D eigenvalue weighted by Gasteiger charge is 2.13. The van der Waals surface area contributed by atoms with Crippen LogP contribution in [-0.4, -0.2) is 13.8 Å². The summed E-state index contributed by atoms with van der Waals surface area (Å²) < 4.78 is 10.5. The number of benzene rings is 1. The Balaban J connectivity index is 1.93. The quantitative estimate of drug-likeness (QED) is 0.349. The first-order valence-corrected chi connectivity index (χ1v) is 12.3. The maximum absolute atomic E-state index is 11.9. The smallest absolute Gasteiger partial charge is 0.336 e. The second-order valence-electron chi connectivity index (χ2n) is 6.81. The van der Waals surface area contributed by atoms with E-state index < -0.39 is 8.07 Å². The van der Waals surface area contributed by atoms with Crippen LogP contribution in [0.1, 0.15) is 0 Å². The first-order chi connectivity index (χ1) is 10.9. The SMILES string of the molecule is C[Si](C)(C)CCSc1ccc2c(-c3ccoc3)cc(=O)oc2c1. The molecule has 3 nitrogen and oxygen atoms in total. The third-order valence-electron chi connectivity index (χ3n) is 3.67. The minimum absolute atomic E-state index is 0.335. The number of rotatable bonds is 5. The summed E-state index contributed by atoms with van der Waals surface area (Å²) in [6.45, 7) is 7.14. The first kappa shape index (κ1) is 16.1. The minimum atomic E-state index is -1.02. The van der Waals surface area contributed by atoms with Crippen LogP contribution in [0.3, 0.4) is 0 Å². The van der Waals surface area contributed by atoms with E-state index in [1.165, 1.54) is 12.1 Å². The average molecular weight is 345 g/mol. The van der Waals surface area contributed by atoms with Gasteiger partial charge in [0.2, 0.25) is 0 Å². The molecular weight excluding hydrogens is 324 g/mol. The van der Waals surface area contributed by atoms with E-state index in [1.807, 2.05) is 30.0 Å². The van der Waals surface area contributed by atoms with Gasteiger partial charge in [-0.05, 0) is 36.1 Å². The molecule has 0 amide bonds. The van der Waals surface area contributed by atoms with E-state index in [0.717, 1.165) is 27.2 Å². The van der Waals surface area contributed by atoms with Crippen molar-refractivity contribution >= 4 is 30.8 Å². The second-order valence-corrected chi connectivity index (χ2v) is 13.6. The fraction of sp³-hybridized carbons (Fsp3) is 0.278. The van der Waals surface area contributed by atoms with Gasteiger partial charge in [0.1, 0.15) is 5.58 Å². The van der Waals surface area contributed by atoms with Gasteiger partial charge in [-0.15, -0.1) is 11.8 Å². The van der Waals surface area contributed by atoms with Crippen molar-refractivity contribution in [1.29, 1.82) is 0 Å². The molecule has 1 aromatic carbocycles. The number of thioether (sulfide) groups is 1. The maximum Gasteiger partial charge on any atom is 0.336 e. The van der Waals surface area contributed by atoms with Crippen LogP contribution in [-0.2, 0) is 0 Å². The molecule has 2 aromatic heterocycles. The van der Waals surface area contributed by atoms with Crippen molar-refractivity contribution in [2.75, 3.05) is 5.75 Å². The Morgan fingerprint density at radius 2 is 1.96 bits per heavy atom. The fourth-order valence-corrected chi connectivity index (χ4v) is 5.81. The zero-order chi connectivity index (χ0) is 16.4. The Morgan fingerprint density at radius 3 is 2.65 bits per heavy atom. The van der Waals surface area contributed by atoms with Crippen LogP contribution >= 0.6 is 11.8 Å². The summed E-state index contributed by atoms with van der Waals surface area (Å²) in [6, 6.07) is 10.7. The predicted molar refractivity (Wildman–Crippen MR) is 99.1 cm³/mol. The Morgan fingerprint density at radius 1 is 1.13 bits per heavy atom. The molecular formula is C18H20O3SSi. The van der Waals surface area contributed by atoms with Crippen LogP contribution in [0.4, 0.5) is 0 Å². The number of hydrogen-bond donors (Lipinski definition) is 0. The Labute approximate surface area is 140 Å². The summed E-state index contributed by atoms with van der Waals surface area (Å²) in [5.74, 6) is 1.10. The van der Waals surface area contributed by atoms with Gasteiger partial charge in [0.25, 0.3) is 0 Å². The number of fused-ring (bicyclic) bond motifs is 1. The Kier molecular flexibility index (Phi) is 4.50. The monoisotopic (exact) mass is 344 g/mol. The summed E-state index contributed by atoms with van der Waals surface area (Å²) in [5.41, 5.74) is 2.04. The predicted octanol–water partition coefficient (Wildman–Crippen LogP) is 5.48. The topological polar surface area (TPSA) is 43.4 Å². The first-order valence-electron chi connectivity index (χ1n) is 7.66. The van der Waals surface area contributed by atoms with Gasteiger partial charge in [0.05, 0.1) is 12.5 Å². The van der Waals surface area contributed by atoms with Gasteiger partial charge in [-0.1, -0.05) is 19.6 Å². The maximum atomic E-state index is 11.9. The van der Waals surface area contributed by atoms with Crippen LogP contribution in [0.15, 0.2) is 61.4 Å². The van der Waals surface area contributed by atoms with Gasteiger partial charge in [0, 0.05) is 35.5 Å². The highest BCUT2D eigenvalue weighted by Crippen LogP contribution is 2.31. The van der Waals surface area contributed by atoms with E-state index in [0.29, 0.717) is 5.58 Å². The van der Waals surface area contributed by atoms with Crippen LogP contribution in [0.5, 0.6) is 0 Å². The molecule has 0 fully saturated rings. The highest BCUT2D eigenvalue weighted by atomic mass is 32.2. The van der Waals surface area contributed by atoms with Crippen molar-refractivity contribution in [2.24, 2.45) is 0 Å². The molecule has 0 spiro atoms. The van der Waals surface area contributed by atoms with E-state index in [-0.39, 0.29) is 5.63 Å². The van der Waals surface area contributed by atoms with Crippen LogP contribution in [0.25, 0.3) is 22.1 Å². The van der Waals surface area contributed by atoms with E-state index >= 15 is 0 Å². The number of furan rings is 1. The lowest BCUT2D eigenvalue weighted by Gasteiger charge is -2.14. The lowest BCUT2D eigenvalue weighted by Crippen LogP contribution is -2.19. The van der Waals surface area contributed by atoms with Crippen LogP contribution in [0.2, 0.25) is 25.7 Å². The molecule has 5 heteroatoms. The normalized spacial score (nSPS) is 12.0. The molecule has 120 valence electrons. The van der Waals surface area contributed by atoms with Gasteiger partial charge in [-0.2, -0.15) is 0 Å². The van der Waals surface area contributed by atoms with Crippen molar-refractivity contribution < 1.29 is 8.83 Å². The molecule has 0 bridgehead atoms. The molecule has 0 unspecified atom stereocenters. The van der Waals surface area contributed by atoms with Crippen molar-refractivity contribution in [3.8, 4) is 11.1 Å². The summed E-state index contributed by atoms with van der Waals surface area (Å²) in [5, 5.41) is 0.931. The molecule has 0 radical (unpaired) electrons. The summed E-state index contributed by atoms with van der Waals surface area (Å²) in [6.07, 6.45) is 3.25. The van der Waals surface area contributed by atoms with Crippen LogP contribution < -0.4 is 5.63 Å². The van der Waals surface area contributed by atoms with Gasteiger partial charge >= 0.3 is 5.63 Å². The molecule has 23 heavy (non-hydrogen) atoms. The molecule has 0 aliphatic heterocycles. The summed E-state index contributed by atoms with van der Waals surface area (Å²) in [7, 11) is -1.02. The van der Waals surface area contributed by atoms with E-state index in [4.69, 9.17) is 8.83 Å². The zero-order valence-electron chi connectivity index (χ0n) is 13.6. The van der Waals surface area contributed by atoms with Crippen molar-refractivity contribution in [3.63, 3.8) is 0 Å². The van der Waals surface area contributed by atoms with E-state index in [1.54, 1.807) is 12.5 Å². The fourth-order valence-electron chi connectivity index (χ4n) is 2.36. The molecule has 0 aliphatic carbocycles. The lowest BCUT2D eigenvalue weighted by atomic mass is 10.1. The molecule has 2 heterocycles. The largest absolute Gasteiger partial charge is 0.472 e. The van der Waals surface area contributed by atoms with Gasteiger partial charge in [-0.3, -0.25) is 0 Å². The van der Waals surface area contributed by atoms with E-state index in [2.05, 4.69) is 25.7 Å². The Hall–Kier alpha value is -1.72. The number of hydrogen-bond acceptors (Lipinski definition) is 4. The third-order valence-corrected chi connectivity index (χ3v) is 6.78. The van der Waals surface area contributed by atoms with Crippen molar-refractivity contribution in [3.05, 3.63) is 53.3 Å². The zero-order valence-corrected chi connectivity index (χ0v) is 15.4. The minimum Gasteiger partial charge on any atom is -0.472 e. The molecule has 0 saturated heterocycles. The molecule has 3 aromatic rings. The lowest BCUT2D eigenvalue weighted by molar-refractivity contribution is 0.560. The standard InChI is InChI=1S/C18H20O3SSi/c1-23(2,3)9-8-22-14-4-5-15-16(13-6-7-20-12-13)11-18(19)21-17(15)10-14/h4-7,10-12H,8-9H2,1-3H3. The van der Waals surface area contributed by atoms with Crippen LogP contribution in [0, 0.1) is 0 Å². The summed E-state index contributed by atoms with van der Waals surface area (Å²) in [4.78, 5) is 13.0. The van der Waals surface area contributed by atoms with Gasteiger partial charge in [-0.25, -0.2) is 4.79 Å². The van der Waals surface area contributed by atoms with Crippen molar-refractivity contribution in [1.82, 2.24) is 0 Å². The molecule has 0 aliphatic rings. The summed E-state index contributed by atoms with van der Waals surface area (Å²) >= 11 is 1.83. The van der Waals surface area contributed by atoms with E-state index in [9.17, 15) is 4.79 Å². The van der Waals surface area contributed by atoms with Gasteiger partial charge < -0.3 is 8.83 Å². The third kappa shape index (κ3) is 3.98. The molecule has 0 N–H and O–H groups in total. The van der Waals surface area contributed by atoms with Crippen molar-refractivity contribution in [2.45, 2.75) is 30.6 Å². The molecule has 0 atom stereocenters. The molecule has 3 rings (SSSR count). The molecule has 0 saturated carbocycles. The Bertz CT molecular complexity index is 860. The van der Waals surface area contributed by atoms with Gasteiger partial charge in [0.15, 0.2) is 0 Å². The average Bonchev–Trinajstić information content (AvgIpc) is 2.98. The second kappa shape index (κ2) is 6.41. The highest BCUT2D eigenvalue weighted by molar-refractivity contribution is 7.99.